The molecule has 1 heterocycles. The van der Waals surface area contributed by atoms with E-state index in [4.69, 9.17) is 9.31 Å². The van der Waals surface area contributed by atoms with Crippen LogP contribution in [0, 0.1) is 12.6 Å². The molecule has 0 aromatic heterocycles. The van der Waals surface area contributed by atoms with Crippen molar-refractivity contribution in [3.05, 3.63) is 86.0 Å². The zero-order chi connectivity index (χ0) is 20.5. The van der Waals surface area contributed by atoms with Crippen molar-refractivity contribution in [1.29, 1.82) is 0 Å². The van der Waals surface area contributed by atoms with Crippen LogP contribution >= 0.6 is 0 Å². The number of benzene rings is 3. The second kappa shape index (κ2) is 8.25. The van der Waals surface area contributed by atoms with Gasteiger partial charge in [0.25, 0.3) is 0 Å². The summed E-state index contributed by atoms with van der Waals surface area (Å²) in [5, 5.41) is 0. The average Bonchev–Trinajstić information content (AvgIpc) is 2.72. The summed E-state index contributed by atoms with van der Waals surface area (Å²) < 4.78 is 15.2. The number of hydrogen-bond donors (Lipinski definition) is 0. The van der Waals surface area contributed by atoms with Gasteiger partial charge in [-0.1, -0.05) is 56.3 Å². The Morgan fingerprint density at radius 1 is 0.724 bits per heavy atom. The Balaban J connectivity index is 1.45. The summed E-state index contributed by atoms with van der Waals surface area (Å²) in [5.41, 5.74) is 3.29. The van der Waals surface area contributed by atoms with Gasteiger partial charge in [-0.05, 0) is 66.8 Å². The molecule has 29 heavy (non-hydrogen) atoms. The summed E-state index contributed by atoms with van der Waals surface area (Å²) in [6.07, 6.45) is 0. The maximum absolute atomic E-state index is 6.27. The molecular weight excluding hydrogens is 470 g/mol. The van der Waals surface area contributed by atoms with Crippen molar-refractivity contribution in [3.8, 4) is 11.1 Å². The zero-order valence-electron chi connectivity index (χ0n) is 17.5. The molecule has 0 atom stereocenters. The Morgan fingerprint density at radius 2 is 1.28 bits per heavy atom. The molecule has 1 aliphatic rings. The van der Waals surface area contributed by atoms with Gasteiger partial charge in [-0.25, -0.2) is 0 Å². The molecule has 0 N–H and O–H groups in total. The SMILES string of the molecule is CC1(C)COB(c2ccc(-c3ccc([I+]c4ccccc4)cc3)cc2)OC1(C)C. The van der Waals surface area contributed by atoms with Gasteiger partial charge in [-0.3, -0.25) is 0 Å². The summed E-state index contributed by atoms with van der Waals surface area (Å²) >= 11 is -0.119. The van der Waals surface area contributed by atoms with Crippen molar-refractivity contribution in [2.24, 2.45) is 5.41 Å². The van der Waals surface area contributed by atoms with E-state index in [-0.39, 0.29) is 39.3 Å². The summed E-state index contributed by atoms with van der Waals surface area (Å²) in [5.74, 6) is 0. The van der Waals surface area contributed by atoms with Crippen LogP contribution in [0.15, 0.2) is 78.9 Å². The second-order valence-corrected chi connectivity index (χ2v) is 11.7. The minimum atomic E-state index is -0.301. The lowest BCUT2D eigenvalue weighted by molar-refractivity contribution is -0.597. The van der Waals surface area contributed by atoms with Crippen LogP contribution in [0.5, 0.6) is 0 Å². The lowest BCUT2D eigenvalue weighted by Crippen LogP contribution is -3.61. The predicted molar refractivity (Wildman–Crippen MR) is 116 cm³/mol. The summed E-state index contributed by atoms with van der Waals surface area (Å²) in [6.45, 7) is 9.37. The molecule has 0 spiro atoms. The van der Waals surface area contributed by atoms with Crippen molar-refractivity contribution in [1.82, 2.24) is 0 Å². The molecule has 0 aliphatic carbocycles. The minimum Gasteiger partial charge on any atom is -0.407 e. The average molecular weight is 497 g/mol. The molecule has 148 valence electrons. The van der Waals surface area contributed by atoms with Gasteiger partial charge in [0.2, 0.25) is 0 Å². The van der Waals surface area contributed by atoms with E-state index in [1.165, 1.54) is 18.3 Å². The molecule has 3 aromatic carbocycles. The molecule has 4 rings (SSSR count). The molecule has 0 saturated carbocycles. The van der Waals surface area contributed by atoms with Gasteiger partial charge in [-0.15, -0.1) is 0 Å². The van der Waals surface area contributed by atoms with Gasteiger partial charge in [-0.2, -0.15) is 0 Å². The first-order valence-corrected chi connectivity index (χ1v) is 12.2. The van der Waals surface area contributed by atoms with E-state index in [1.54, 1.807) is 0 Å². The molecule has 1 fully saturated rings. The van der Waals surface area contributed by atoms with Crippen molar-refractivity contribution in [2.75, 3.05) is 6.61 Å². The predicted octanol–water partition coefficient (Wildman–Crippen LogP) is 2.03. The van der Waals surface area contributed by atoms with E-state index in [0.717, 1.165) is 5.46 Å². The van der Waals surface area contributed by atoms with Crippen LogP contribution in [0.3, 0.4) is 0 Å². The highest BCUT2D eigenvalue weighted by Gasteiger charge is 2.46. The highest BCUT2D eigenvalue weighted by molar-refractivity contribution is 6.61. The Labute approximate surface area is 185 Å². The zero-order valence-corrected chi connectivity index (χ0v) is 19.6. The first kappa shape index (κ1) is 20.6. The summed E-state index contributed by atoms with van der Waals surface area (Å²) in [7, 11) is -0.301. The monoisotopic (exact) mass is 497 g/mol. The highest BCUT2D eigenvalue weighted by Crippen LogP contribution is 2.38. The van der Waals surface area contributed by atoms with Crippen LogP contribution in [0.25, 0.3) is 11.1 Å². The smallest absolute Gasteiger partial charge is 0.407 e. The largest absolute Gasteiger partial charge is 0.494 e. The molecular formula is C25H27BIO2+. The first-order chi connectivity index (χ1) is 13.8. The van der Waals surface area contributed by atoms with Crippen molar-refractivity contribution < 1.29 is 30.5 Å². The van der Waals surface area contributed by atoms with Gasteiger partial charge in [0.05, 0.1) is 5.60 Å². The lowest BCUT2D eigenvalue weighted by atomic mass is 9.69. The quantitative estimate of drug-likeness (QED) is 0.406. The normalized spacial score (nSPS) is 17.9. The van der Waals surface area contributed by atoms with Gasteiger partial charge in [0.1, 0.15) is 0 Å². The Bertz CT molecular complexity index is 950. The standard InChI is InChI=1S/C25H27BIO2/c1-24(2)18-28-26(29-25(24,3)4)21-14-10-19(11-15-21)20-12-16-23(17-13-20)27-22-8-6-5-7-9-22/h5-17H,18H2,1-4H3/q+1. The maximum Gasteiger partial charge on any atom is 0.494 e. The van der Waals surface area contributed by atoms with Crippen molar-refractivity contribution >= 4 is 12.6 Å². The fraction of sp³-hybridized carbons (Fsp3) is 0.280. The molecule has 4 heteroatoms. The lowest BCUT2D eigenvalue weighted by Gasteiger charge is -2.47. The minimum absolute atomic E-state index is 0.00639. The van der Waals surface area contributed by atoms with Crippen LogP contribution in [0.2, 0.25) is 0 Å². The van der Waals surface area contributed by atoms with E-state index in [9.17, 15) is 0 Å². The van der Waals surface area contributed by atoms with E-state index in [2.05, 4.69) is 107 Å². The fourth-order valence-corrected chi connectivity index (χ4v) is 5.44. The molecule has 3 aromatic rings. The fourth-order valence-electron chi connectivity index (χ4n) is 3.22. The van der Waals surface area contributed by atoms with Crippen LogP contribution in [0.4, 0.5) is 0 Å². The van der Waals surface area contributed by atoms with E-state index in [0.29, 0.717) is 6.61 Å². The third-order valence-electron chi connectivity index (χ3n) is 5.94. The van der Waals surface area contributed by atoms with Crippen molar-refractivity contribution in [3.63, 3.8) is 0 Å². The van der Waals surface area contributed by atoms with E-state index >= 15 is 0 Å². The van der Waals surface area contributed by atoms with Gasteiger partial charge in [0.15, 0.2) is 7.14 Å². The van der Waals surface area contributed by atoms with E-state index < -0.39 is 0 Å². The number of halogens is 1. The molecule has 0 amide bonds. The van der Waals surface area contributed by atoms with Gasteiger partial charge < -0.3 is 9.31 Å². The van der Waals surface area contributed by atoms with Crippen LogP contribution in [-0.2, 0) is 9.31 Å². The number of hydrogen-bond acceptors (Lipinski definition) is 2. The van der Waals surface area contributed by atoms with E-state index in [1.807, 2.05) is 0 Å². The molecule has 1 saturated heterocycles. The topological polar surface area (TPSA) is 18.5 Å². The summed E-state index contributed by atoms with van der Waals surface area (Å²) in [4.78, 5) is 0. The Kier molecular flexibility index (Phi) is 5.87. The summed E-state index contributed by atoms with van der Waals surface area (Å²) in [6, 6.07) is 28.3. The molecule has 2 nitrogen and oxygen atoms in total. The number of rotatable bonds is 4. The maximum atomic E-state index is 6.27. The third-order valence-corrected chi connectivity index (χ3v) is 8.62. The Hall–Kier alpha value is -1.63. The van der Waals surface area contributed by atoms with Crippen LogP contribution in [-0.4, -0.2) is 19.3 Å². The molecule has 0 bridgehead atoms. The molecule has 0 unspecified atom stereocenters. The van der Waals surface area contributed by atoms with Crippen molar-refractivity contribution in [2.45, 2.75) is 33.3 Å². The Morgan fingerprint density at radius 3 is 1.86 bits per heavy atom. The molecule has 1 aliphatic heterocycles. The van der Waals surface area contributed by atoms with Gasteiger partial charge in [0, 0.05) is 12.0 Å². The highest BCUT2D eigenvalue weighted by atomic mass is 127. The second-order valence-electron chi connectivity index (χ2n) is 8.67. The van der Waals surface area contributed by atoms with Gasteiger partial charge >= 0.3 is 28.3 Å². The van der Waals surface area contributed by atoms with Crippen LogP contribution < -0.4 is 26.7 Å². The first-order valence-electron chi connectivity index (χ1n) is 10.0. The third kappa shape index (κ3) is 4.60. The molecule has 0 radical (unpaired) electrons. The van der Waals surface area contributed by atoms with Crippen LogP contribution in [0.1, 0.15) is 27.7 Å².